The Labute approximate surface area is 121 Å². The number of imidazole rings is 1. The highest BCUT2D eigenvalue weighted by Gasteiger charge is 2.11. The summed E-state index contributed by atoms with van der Waals surface area (Å²) in [5.41, 5.74) is 2.77. The minimum absolute atomic E-state index is 0.0648. The first-order valence-corrected chi connectivity index (χ1v) is 6.82. The molecule has 0 saturated carbocycles. The van der Waals surface area contributed by atoms with Crippen LogP contribution in [0.3, 0.4) is 0 Å². The highest BCUT2D eigenvalue weighted by atomic mass is 16.4. The van der Waals surface area contributed by atoms with Gasteiger partial charge in [0.25, 0.3) is 0 Å². The van der Waals surface area contributed by atoms with Gasteiger partial charge in [0.1, 0.15) is 11.5 Å². The van der Waals surface area contributed by atoms with E-state index in [1.165, 1.54) is 6.07 Å². The van der Waals surface area contributed by atoms with Crippen molar-refractivity contribution < 1.29 is 9.90 Å². The summed E-state index contributed by atoms with van der Waals surface area (Å²) >= 11 is 0. The first-order valence-electron chi connectivity index (χ1n) is 6.82. The minimum Gasteiger partial charge on any atom is -0.477 e. The van der Waals surface area contributed by atoms with Crippen molar-refractivity contribution in [3.63, 3.8) is 0 Å². The molecule has 106 valence electrons. The van der Waals surface area contributed by atoms with Gasteiger partial charge in [-0.05, 0) is 24.3 Å². The second-order valence-corrected chi connectivity index (χ2v) is 4.78. The Morgan fingerprint density at radius 2 is 1.95 bits per heavy atom. The van der Waals surface area contributed by atoms with Gasteiger partial charge in [0.2, 0.25) is 0 Å². The number of carboxylic acids is 1. The number of fused-ring (bicyclic) bond motifs is 1. The fraction of sp³-hybridized carbons (Fsp3) is 0.188. The van der Waals surface area contributed by atoms with Crippen LogP contribution in [0, 0.1) is 0 Å². The number of aryl methyl sites for hydroxylation is 1. The Morgan fingerprint density at radius 3 is 2.71 bits per heavy atom. The topological polar surface area (TPSA) is 68.0 Å². The molecule has 2 aromatic heterocycles. The van der Waals surface area contributed by atoms with Gasteiger partial charge in [-0.25, -0.2) is 14.8 Å². The van der Waals surface area contributed by atoms with Gasteiger partial charge in [-0.3, -0.25) is 0 Å². The zero-order valence-corrected chi connectivity index (χ0v) is 11.7. The van der Waals surface area contributed by atoms with E-state index in [9.17, 15) is 4.79 Å². The largest absolute Gasteiger partial charge is 0.477 e. The van der Waals surface area contributed by atoms with E-state index in [4.69, 9.17) is 5.11 Å². The molecule has 0 aliphatic carbocycles. The van der Waals surface area contributed by atoms with E-state index in [1.807, 2.05) is 30.3 Å². The van der Waals surface area contributed by atoms with Crippen LogP contribution in [0.5, 0.6) is 0 Å². The number of carboxylic acid groups (broad SMARTS) is 1. The Hall–Kier alpha value is -2.69. The summed E-state index contributed by atoms with van der Waals surface area (Å²) in [5.74, 6) is -0.0400. The molecule has 2 heterocycles. The van der Waals surface area contributed by atoms with Crippen LogP contribution in [-0.4, -0.2) is 25.6 Å². The van der Waals surface area contributed by atoms with E-state index < -0.39 is 5.97 Å². The third kappa shape index (κ3) is 2.50. The predicted octanol–water partition coefficient (Wildman–Crippen LogP) is 2.74. The van der Waals surface area contributed by atoms with E-state index in [-0.39, 0.29) is 5.69 Å². The second-order valence-electron chi connectivity index (χ2n) is 4.78. The van der Waals surface area contributed by atoms with Crippen molar-refractivity contribution in [3.05, 3.63) is 59.7 Å². The quantitative estimate of drug-likeness (QED) is 0.798. The van der Waals surface area contributed by atoms with Crippen LogP contribution in [0.15, 0.2) is 42.5 Å². The lowest BCUT2D eigenvalue weighted by molar-refractivity contribution is 0.0690. The second kappa shape index (κ2) is 5.36. The van der Waals surface area contributed by atoms with Crippen molar-refractivity contribution in [2.45, 2.75) is 19.9 Å². The van der Waals surface area contributed by atoms with Crippen molar-refractivity contribution in [1.82, 2.24) is 14.5 Å². The Kier molecular flexibility index (Phi) is 3.39. The molecule has 0 unspecified atom stereocenters. The third-order valence-corrected chi connectivity index (χ3v) is 3.40. The molecule has 0 aliphatic heterocycles. The molecule has 1 N–H and O–H groups in total. The lowest BCUT2D eigenvalue weighted by Gasteiger charge is -2.08. The molecule has 0 bridgehead atoms. The standard InChI is InChI=1S/C16H15N3O2/c1-2-15-18-12-7-3-4-9-14(12)19(15)10-11-6-5-8-13(17-11)16(20)21/h3-9H,2,10H2,1H3,(H,20,21). The molecule has 0 radical (unpaired) electrons. The van der Waals surface area contributed by atoms with Crippen LogP contribution >= 0.6 is 0 Å². The minimum atomic E-state index is -1.01. The van der Waals surface area contributed by atoms with Gasteiger partial charge >= 0.3 is 5.97 Å². The molecule has 0 atom stereocenters. The SMILES string of the molecule is CCc1nc2ccccc2n1Cc1cccc(C(=O)O)n1. The maximum atomic E-state index is 11.0. The summed E-state index contributed by atoms with van der Waals surface area (Å²) in [6.45, 7) is 2.57. The monoisotopic (exact) mass is 281 g/mol. The van der Waals surface area contributed by atoms with Crippen LogP contribution in [0.25, 0.3) is 11.0 Å². The third-order valence-electron chi connectivity index (χ3n) is 3.40. The predicted molar refractivity (Wildman–Crippen MR) is 79.4 cm³/mol. The number of para-hydroxylation sites is 2. The Balaban J connectivity index is 2.05. The number of hydrogen-bond donors (Lipinski definition) is 1. The van der Waals surface area contributed by atoms with Gasteiger partial charge < -0.3 is 9.67 Å². The van der Waals surface area contributed by atoms with Crippen LogP contribution in [0.4, 0.5) is 0 Å². The molecular weight excluding hydrogens is 266 g/mol. The maximum absolute atomic E-state index is 11.0. The van der Waals surface area contributed by atoms with Gasteiger partial charge in [0, 0.05) is 6.42 Å². The van der Waals surface area contributed by atoms with Crippen LogP contribution in [-0.2, 0) is 13.0 Å². The van der Waals surface area contributed by atoms with E-state index in [1.54, 1.807) is 6.07 Å². The molecule has 0 spiro atoms. The number of hydrogen-bond acceptors (Lipinski definition) is 3. The summed E-state index contributed by atoms with van der Waals surface area (Å²) in [6, 6.07) is 13.0. The van der Waals surface area contributed by atoms with Crippen LogP contribution < -0.4 is 0 Å². The summed E-state index contributed by atoms with van der Waals surface area (Å²) in [5, 5.41) is 9.03. The van der Waals surface area contributed by atoms with E-state index in [2.05, 4.69) is 21.5 Å². The summed E-state index contributed by atoms with van der Waals surface area (Å²) < 4.78 is 2.09. The molecule has 5 heteroatoms. The fourth-order valence-electron chi connectivity index (χ4n) is 2.42. The molecule has 0 saturated heterocycles. The Bertz CT molecular complexity index is 808. The van der Waals surface area contributed by atoms with Crippen molar-refractivity contribution in [3.8, 4) is 0 Å². The molecule has 1 aromatic carbocycles. The molecule has 3 aromatic rings. The molecule has 3 rings (SSSR count). The average Bonchev–Trinajstić information content (AvgIpc) is 2.86. The molecular formula is C16H15N3O2. The van der Waals surface area contributed by atoms with Crippen molar-refractivity contribution in [2.24, 2.45) is 0 Å². The Morgan fingerprint density at radius 1 is 1.14 bits per heavy atom. The van der Waals surface area contributed by atoms with Gasteiger partial charge in [0.15, 0.2) is 0 Å². The smallest absolute Gasteiger partial charge is 0.354 e. The molecule has 21 heavy (non-hydrogen) atoms. The van der Waals surface area contributed by atoms with Crippen molar-refractivity contribution >= 4 is 17.0 Å². The van der Waals surface area contributed by atoms with E-state index in [0.29, 0.717) is 12.2 Å². The number of aromatic nitrogens is 3. The molecule has 0 aliphatic rings. The first-order chi connectivity index (χ1) is 10.2. The number of carbonyl (C=O) groups is 1. The van der Waals surface area contributed by atoms with Crippen LogP contribution in [0.2, 0.25) is 0 Å². The number of benzene rings is 1. The number of nitrogens with zero attached hydrogens (tertiary/aromatic N) is 3. The highest BCUT2D eigenvalue weighted by Crippen LogP contribution is 2.18. The fourth-order valence-corrected chi connectivity index (χ4v) is 2.42. The zero-order chi connectivity index (χ0) is 14.8. The van der Waals surface area contributed by atoms with Crippen molar-refractivity contribution in [1.29, 1.82) is 0 Å². The summed E-state index contributed by atoms with van der Waals surface area (Å²) in [7, 11) is 0. The highest BCUT2D eigenvalue weighted by molar-refractivity contribution is 5.85. The first kappa shape index (κ1) is 13.3. The molecule has 0 fully saturated rings. The van der Waals surface area contributed by atoms with Gasteiger partial charge in [0.05, 0.1) is 23.3 Å². The van der Waals surface area contributed by atoms with Crippen molar-refractivity contribution in [2.75, 3.05) is 0 Å². The zero-order valence-electron chi connectivity index (χ0n) is 11.7. The lowest BCUT2D eigenvalue weighted by atomic mass is 10.2. The lowest BCUT2D eigenvalue weighted by Crippen LogP contribution is -2.08. The molecule has 0 amide bonds. The normalized spacial score (nSPS) is 10.9. The van der Waals surface area contributed by atoms with Gasteiger partial charge in [-0.2, -0.15) is 0 Å². The number of aromatic carboxylic acids is 1. The van der Waals surface area contributed by atoms with Crippen LogP contribution in [0.1, 0.15) is 28.9 Å². The van der Waals surface area contributed by atoms with E-state index >= 15 is 0 Å². The molecule has 5 nitrogen and oxygen atoms in total. The van der Waals surface area contributed by atoms with E-state index in [0.717, 1.165) is 23.3 Å². The number of rotatable bonds is 4. The van der Waals surface area contributed by atoms with Gasteiger partial charge in [-0.1, -0.05) is 25.1 Å². The number of pyridine rings is 1. The summed E-state index contributed by atoms with van der Waals surface area (Å²) in [4.78, 5) is 19.8. The van der Waals surface area contributed by atoms with Gasteiger partial charge in [-0.15, -0.1) is 0 Å². The maximum Gasteiger partial charge on any atom is 0.354 e. The average molecular weight is 281 g/mol. The summed E-state index contributed by atoms with van der Waals surface area (Å²) in [6.07, 6.45) is 0.813.